The zero-order valence-electron chi connectivity index (χ0n) is 11.7. The van der Waals surface area contributed by atoms with Crippen molar-refractivity contribution in [2.75, 3.05) is 13.1 Å². The van der Waals surface area contributed by atoms with Crippen LogP contribution in [0.2, 0.25) is 0 Å². The predicted octanol–water partition coefficient (Wildman–Crippen LogP) is 0.310. The van der Waals surface area contributed by atoms with Crippen molar-refractivity contribution in [1.29, 1.82) is 0 Å². The lowest BCUT2D eigenvalue weighted by Crippen LogP contribution is -2.37. The molecule has 0 spiro atoms. The normalized spacial score (nSPS) is 10.9. The van der Waals surface area contributed by atoms with Gasteiger partial charge in [-0.25, -0.2) is 0 Å². The van der Waals surface area contributed by atoms with E-state index in [4.69, 9.17) is 5.73 Å². The van der Waals surface area contributed by atoms with E-state index in [1.165, 1.54) is 6.92 Å². The lowest BCUT2D eigenvalue weighted by Gasteiger charge is -2.14. The first-order valence-corrected chi connectivity index (χ1v) is 6.35. The molecular weight excluding hydrogens is 254 g/mol. The van der Waals surface area contributed by atoms with Crippen LogP contribution in [0, 0.1) is 11.8 Å². The first kappa shape index (κ1) is 15.7. The second-order valence-electron chi connectivity index (χ2n) is 4.33. The van der Waals surface area contributed by atoms with Crippen LogP contribution >= 0.6 is 0 Å². The van der Waals surface area contributed by atoms with Gasteiger partial charge in [0.25, 0.3) is 0 Å². The lowest BCUT2D eigenvalue weighted by molar-refractivity contribution is -0.125. The number of carbonyl (C=O) groups excluding carboxylic acids is 2. The lowest BCUT2D eigenvalue weighted by atomic mass is 10.1. The summed E-state index contributed by atoms with van der Waals surface area (Å²) < 4.78 is 0. The summed E-state index contributed by atoms with van der Waals surface area (Å²) in [5.74, 6) is 5.28. The van der Waals surface area contributed by atoms with Gasteiger partial charge in [-0.3, -0.25) is 9.59 Å². The van der Waals surface area contributed by atoms with Crippen molar-refractivity contribution in [2.45, 2.75) is 19.9 Å². The molecule has 0 fully saturated rings. The molecule has 5 nitrogen and oxygen atoms in total. The third-order valence-corrected chi connectivity index (χ3v) is 2.60. The average Bonchev–Trinajstić information content (AvgIpc) is 2.43. The largest absolute Gasteiger partial charge is 0.348 e. The molecule has 1 atom stereocenters. The van der Waals surface area contributed by atoms with Crippen molar-refractivity contribution in [3.63, 3.8) is 0 Å². The Morgan fingerprint density at radius 2 is 2.15 bits per heavy atom. The highest BCUT2D eigenvalue weighted by atomic mass is 16.2. The van der Waals surface area contributed by atoms with Crippen LogP contribution in [0.25, 0.3) is 0 Å². The molecule has 0 saturated carbocycles. The van der Waals surface area contributed by atoms with Gasteiger partial charge in [0.2, 0.25) is 11.8 Å². The fourth-order valence-corrected chi connectivity index (χ4v) is 1.62. The smallest absolute Gasteiger partial charge is 0.239 e. The summed E-state index contributed by atoms with van der Waals surface area (Å²) in [7, 11) is 0. The minimum absolute atomic E-state index is 0.0215. The minimum atomic E-state index is -0.230. The second kappa shape index (κ2) is 7.97. The molecule has 0 radical (unpaired) electrons. The Balaban J connectivity index is 2.65. The average molecular weight is 273 g/mol. The van der Waals surface area contributed by atoms with Gasteiger partial charge in [0.1, 0.15) is 0 Å². The third-order valence-electron chi connectivity index (χ3n) is 2.60. The van der Waals surface area contributed by atoms with Crippen LogP contribution in [0.3, 0.4) is 0 Å². The van der Waals surface area contributed by atoms with Crippen molar-refractivity contribution in [3.8, 4) is 11.8 Å². The summed E-state index contributed by atoms with van der Waals surface area (Å²) in [5, 5.41) is 5.26. The molecule has 0 aliphatic carbocycles. The zero-order chi connectivity index (χ0) is 15.0. The molecule has 1 aromatic rings. The number of nitrogens with two attached hydrogens (primary N) is 1. The maximum absolute atomic E-state index is 11.6. The van der Waals surface area contributed by atoms with Crippen LogP contribution in [-0.2, 0) is 9.59 Å². The monoisotopic (exact) mass is 273 g/mol. The molecule has 0 bridgehead atoms. The van der Waals surface area contributed by atoms with Crippen LogP contribution in [-0.4, -0.2) is 24.9 Å². The molecule has 0 aromatic heterocycles. The van der Waals surface area contributed by atoms with Gasteiger partial charge in [-0.1, -0.05) is 24.0 Å². The van der Waals surface area contributed by atoms with E-state index in [0.29, 0.717) is 6.54 Å². The highest BCUT2D eigenvalue weighted by molar-refractivity contribution is 5.83. The van der Waals surface area contributed by atoms with Gasteiger partial charge in [-0.05, 0) is 24.6 Å². The summed E-state index contributed by atoms with van der Waals surface area (Å²) in [6, 6.07) is 7.43. The van der Waals surface area contributed by atoms with Gasteiger partial charge in [0.15, 0.2) is 0 Å². The van der Waals surface area contributed by atoms with Crippen LogP contribution in [0.1, 0.15) is 31.0 Å². The molecule has 5 heteroatoms. The number of benzene rings is 1. The van der Waals surface area contributed by atoms with E-state index in [9.17, 15) is 9.59 Å². The maximum Gasteiger partial charge on any atom is 0.239 e. The first-order chi connectivity index (χ1) is 9.52. The number of carbonyl (C=O) groups is 2. The molecule has 1 aromatic carbocycles. The van der Waals surface area contributed by atoms with E-state index in [1.807, 2.05) is 31.2 Å². The van der Waals surface area contributed by atoms with E-state index in [1.54, 1.807) is 0 Å². The zero-order valence-corrected chi connectivity index (χ0v) is 11.7. The van der Waals surface area contributed by atoms with Gasteiger partial charge in [-0.2, -0.15) is 0 Å². The Morgan fingerprint density at radius 1 is 1.40 bits per heavy atom. The fourth-order valence-electron chi connectivity index (χ4n) is 1.62. The Kier molecular flexibility index (Phi) is 6.27. The van der Waals surface area contributed by atoms with Crippen LogP contribution in [0.4, 0.5) is 0 Å². The highest BCUT2D eigenvalue weighted by Crippen LogP contribution is 2.13. The van der Waals surface area contributed by atoms with Crippen molar-refractivity contribution < 1.29 is 9.59 Å². The van der Waals surface area contributed by atoms with Crippen molar-refractivity contribution in [2.24, 2.45) is 5.73 Å². The van der Waals surface area contributed by atoms with Crippen molar-refractivity contribution in [3.05, 3.63) is 35.4 Å². The molecule has 0 heterocycles. The number of rotatable bonds is 4. The molecule has 0 aliphatic heterocycles. The summed E-state index contributed by atoms with van der Waals surface area (Å²) in [6.07, 6.45) is 0. The second-order valence-corrected chi connectivity index (χ2v) is 4.33. The number of hydrogen-bond donors (Lipinski definition) is 3. The van der Waals surface area contributed by atoms with Crippen LogP contribution in [0.5, 0.6) is 0 Å². The standard InChI is InChI=1S/C15H19N3O2/c1-11(18-15(20)10-17-12(2)19)14-7-3-5-13(9-14)6-4-8-16/h3,5,7,9,11H,8,10,16H2,1-2H3,(H,17,19)(H,18,20). The van der Waals surface area contributed by atoms with Gasteiger partial charge in [0.05, 0.1) is 19.1 Å². The highest BCUT2D eigenvalue weighted by Gasteiger charge is 2.09. The summed E-state index contributed by atoms with van der Waals surface area (Å²) in [6.45, 7) is 3.54. The Labute approximate surface area is 118 Å². The van der Waals surface area contributed by atoms with E-state index in [0.717, 1.165) is 11.1 Å². The SMILES string of the molecule is CC(=O)NCC(=O)NC(C)c1cccc(C#CCN)c1. The maximum atomic E-state index is 11.6. The van der Waals surface area contributed by atoms with Gasteiger partial charge in [0, 0.05) is 12.5 Å². The van der Waals surface area contributed by atoms with Gasteiger partial charge in [-0.15, -0.1) is 0 Å². The van der Waals surface area contributed by atoms with E-state index >= 15 is 0 Å². The molecule has 1 unspecified atom stereocenters. The van der Waals surface area contributed by atoms with E-state index in [2.05, 4.69) is 22.5 Å². The molecule has 106 valence electrons. The van der Waals surface area contributed by atoms with Gasteiger partial charge >= 0.3 is 0 Å². The van der Waals surface area contributed by atoms with E-state index < -0.39 is 0 Å². The minimum Gasteiger partial charge on any atom is -0.348 e. The van der Waals surface area contributed by atoms with Gasteiger partial charge < -0.3 is 16.4 Å². The molecule has 0 aliphatic rings. The molecule has 1 rings (SSSR count). The molecule has 2 amide bonds. The molecule has 0 saturated heterocycles. The molecular formula is C15H19N3O2. The number of hydrogen-bond acceptors (Lipinski definition) is 3. The third kappa shape index (κ3) is 5.55. The summed E-state index contributed by atoms with van der Waals surface area (Å²) in [5.41, 5.74) is 7.14. The topological polar surface area (TPSA) is 84.2 Å². The summed E-state index contributed by atoms with van der Waals surface area (Å²) >= 11 is 0. The van der Waals surface area contributed by atoms with Crippen LogP contribution in [0.15, 0.2) is 24.3 Å². The molecule has 20 heavy (non-hydrogen) atoms. The quantitative estimate of drug-likeness (QED) is 0.690. The Bertz CT molecular complexity index is 544. The number of nitrogens with one attached hydrogen (secondary N) is 2. The fraction of sp³-hybridized carbons (Fsp3) is 0.333. The van der Waals surface area contributed by atoms with E-state index in [-0.39, 0.29) is 24.4 Å². The Hall–Kier alpha value is -2.32. The van der Waals surface area contributed by atoms with Crippen molar-refractivity contribution in [1.82, 2.24) is 10.6 Å². The predicted molar refractivity (Wildman–Crippen MR) is 77.6 cm³/mol. The first-order valence-electron chi connectivity index (χ1n) is 6.35. The molecule has 4 N–H and O–H groups in total. The summed E-state index contributed by atoms with van der Waals surface area (Å²) in [4.78, 5) is 22.4. The Morgan fingerprint density at radius 3 is 2.80 bits per heavy atom. The number of amides is 2. The van der Waals surface area contributed by atoms with Crippen molar-refractivity contribution >= 4 is 11.8 Å². The van der Waals surface area contributed by atoms with Crippen LogP contribution < -0.4 is 16.4 Å².